The van der Waals surface area contributed by atoms with E-state index in [0.717, 1.165) is 30.5 Å². The van der Waals surface area contributed by atoms with Crippen molar-refractivity contribution in [2.45, 2.75) is 33.9 Å². The quantitative estimate of drug-likeness (QED) is 0.841. The number of anilines is 1. The zero-order valence-corrected chi connectivity index (χ0v) is 14.3. The Morgan fingerprint density at radius 1 is 1.40 bits per heavy atom. The fourth-order valence-corrected chi connectivity index (χ4v) is 3.67. The molecule has 0 aliphatic heterocycles. The summed E-state index contributed by atoms with van der Waals surface area (Å²) in [5.41, 5.74) is 1.15. The van der Waals surface area contributed by atoms with Crippen LogP contribution in [0.15, 0.2) is 17.5 Å². The van der Waals surface area contributed by atoms with Crippen LogP contribution in [-0.4, -0.2) is 18.6 Å². The third kappa shape index (κ3) is 4.30. The van der Waals surface area contributed by atoms with Gasteiger partial charge in [0.2, 0.25) is 0 Å². The van der Waals surface area contributed by atoms with Gasteiger partial charge in [-0.25, -0.2) is 4.98 Å². The van der Waals surface area contributed by atoms with Gasteiger partial charge >= 0.3 is 0 Å². The van der Waals surface area contributed by atoms with Crippen molar-refractivity contribution in [1.82, 2.24) is 10.3 Å². The highest BCUT2D eigenvalue weighted by molar-refractivity contribution is 7.15. The minimum atomic E-state index is 0.684. The molecular formula is C15H23N3S2. The van der Waals surface area contributed by atoms with Gasteiger partial charge in [0, 0.05) is 23.3 Å². The number of thiophene rings is 1. The molecular weight excluding hydrogens is 286 g/mol. The summed E-state index contributed by atoms with van der Waals surface area (Å²) in [5.74, 6) is 0.684. The molecule has 0 atom stereocenters. The third-order valence-corrected chi connectivity index (χ3v) is 5.15. The molecule has 1 N–H and O–H groups in total. The zero-order chi connectivity index (χ0) is 14.5. The molecule has 0 saturated heterocycles. The van der Waals surface area contributed by atoms with Crippen molar-refractivity contribution in [3.63, 3.8) is 0 Å². The summed E-state index contributed by atoms with van der Waals surface area (Å²) in [7, 11) is 2.11. The van der Waals surface area contributed by atoms with Gasteiger partial charge in [0.25, 0.3) is 0 Å². The lowest BCUT2D eigenvalue weighted by atomic mass is 10.2. The van der Waals surface area contributed by atoms with E-state index in [-0.39, 0.29) is 0 Å². The first-order valence-corrected chi connectivity index (χ1v) is 8.66. The Balaban J connectivity index is 1.95. The van der Waals surface area contributed by atoms with Gasteiger partial charge in [-0.05, 0) is 30.8 Å². The van der Waals surface area contributed by atoms with Crippen LogP contribution >= 0.6 is 22.7 Å². The van der Waals surface area contributed by atoms with Crippen LogP contribution in [0.3, 0.4) is 0 Å². The molecule has 0 radical (unpaired) electrons. The number of hydrogen-bond acceptors (Lipinski definition) is 5. The summed E-state index contributed by atoms with van der Waals surface area (Å²) in [4.78, 5) is 9.65. The Kier molecular flexibility index (Phi) is 5.57. The molecule has 0 unspecified atom stereocenters. The molecule has 0 saturated carbocycles. The number of rotatable bonds is 7. The van der Waals surface area contributed by atoms with Crippen LogP contribution in [0.2, 0.25) is 0 Å². The summed E-state index contributed by atoms with van der Waals surface area (Å²) in [5, 5.41) is 6.72. The molecule has 2 rings (SSSR count). The first kappa shape index (κ1) is 15.5. The van der Waals surface area contributed by atoms with Gasteiger partial charge in [0.1, 0.15) is 0 Å². The molecule has 0 aliphatic rings. The van der Waals surface area contributed by atoms with E-state index in [0.29, 0.717) is 5.92 Å². The van der Waals surface area contributed by atoms with Crippen molar-refractivity contribution in [1.29, 1.82) is 0 Å². The Labute approximate surface area is 129 Å². The van der Waals surface area contributed by atoms with E-state index in [1.54, 1.807) is 22.7 Å². The number of hydrogen-bond donors (Lipinski definition) is 1. The van der Waals surface area contributed by atoms with Crippen molar-refractivity contribution < 1.29 is 0 Å². The second-order valence-electron chi connectivity index (χ2n) is 5.47. The van der Waals surface area contributed by atoms with Crippen LogP contribution < -0.4 is 10.2 Å². The SMILES string of the molecule is Cc1nc(N(C)Cc2cccs2)sc1CNCC(C)C. The fourth-order valence-electron chi connectivity index (χ4n) is 1.92. The molecule has 2 aromatic heterocycles. The highest BCUT2D eigenvalue weighted by Gasteiger charge is 2.11. The molecule has 110 valence electrons. The minimum absolute atomic E-state index is 0.684. The lowest BCUT2D eigenvalue weighted by Gasteiger charge is -2.14. The fraction of sp³-hybridized carbons (Fsp3) is 0.533. The zero-order valence-electron chi connectivity index (χ0n) is 12.6. The summed E-state index contributed by atoms with van der Waals surface area (Å²) in [6.45, 7) is 9.47. The van der Waals surface area contributed by atoms with E-state index in [9.17, 15) is 0 Å². The highest BCUT2D eigenvalue weighted by atomic mass is 32.1. The van der Waals surface area contributed by atoms with Crippen molar-refractivity contribution in [2.75, 3.05) is 18.5 Å². The normalized spacial score (nSPS) is 11.2. The number of nitrogens with one attached hydrogen (secondary N) is 1. The van der Waals surface area contributed by atoms with E-state index >= 15 is 0 Å². The second kappa shape index (κ2) is 7.20. The molecule has 0 fully saturated rings. The molecule has 3 nitrogen and oxygen atoms in total. The summed E-state index contributed by atoms with van der Waals surface area (Å²) >= 11 is 3.59. The smallest absolute Gasteiger partial charge is 0.185 e. The maximum atomic E-state index is 4.70. The number of thiazole rings is 1. The lowest BCUT2D eigenvalue weighted by Crippen LogP contribution is -2.18. The Bertz CT molecular complexity index is 517. The maximum absolute atomic E-state index is 4.70. The molecule has 20 heavy (non-hydrogen) atoms. The van der Waals surface area contributed by atoms with E-state index in [1.165, 1.54) is 9.75 Å². The molecule has 2 heterocycles. The second-order valence-corrected chi connectivity index (χ2v) is 7.56. The summed E-state index contributed by atoms with van der Waals surface area (Å²) < 4.78 is 0. The van der Waals surface area contributed by atoms with Crippen molar-refractivity contribution >= 4 is 27.8 Å². The van der Waals surface area contributed by atoms with Crippen molar-refractivity contribution in [2.24, 2.45) is 5.92 Å². The van der Waals surface area contributed by atoms with Crippen LogP contribution in [0.25, 0.3) is 0 Å². The molecule has 0 aromatic carbocycles. The first-order valence-electron chi connectivity index (χ1n) is 6.96. The van der Waals surface area contributed by atoms with Crippen molar-refractivity contribution in [3.05, 3.63) is 33.0 Å². The molecule has 0 spiro atoms. The number of nitrogens with zero attached hydrogens (tertiary/aromatic N) is 2. The van der Waals surface area contributed by atoms with Gasteiger partial charge in [0.05, 0.1) is 12.2 Å². The van der Waals surface area contributed by atoms with Gasteiger partial charge < -0.3 is 10.2 Å². The van der Waals surface area contributed by atoms with E-state index in [1.807, 2.05) is 0 Å². The predicted molar refractivity (Wildman–Crippen MR) is 89.8 cm³/mol. The van der Waals surface area contributed by atoms with Crippen molar-refractivity contribution in [3.8, 4) is 0 Å². The molecule has 5 heteroatoms. The van der Waals surface area contributed by atoms with Gasteiger partial charge in [-0.15, -0.1) is 22.7 Å². The van der Waals surface area contributed by atoms with Gasteiger partial charge in [-0.1, -0.05) is 19.9 Å². The van der Waals surface area contributed by atoms with Crippen LogP contribution in [0, 0.1) is 12.8 Å². The largest absolute Gasteiger partial charge is 0.346 e. The molecule has 0 amide bonds. The number of aromatic nitrogens is 1. The molecule has 0 aliphatic carbocycles. The predicted octanol–water partition coefficient (Wildman–Crippen LogP) is 3.90. The summed E-state index contributed by atoms with van der Waals surface area (Å²) in [6.07, 6.45) is 0. The molecule has 0 bridgehead atoms. The minimum Gasteiger partial charge on any atom is -0.346 e. The first-order chi connectivity index (χ1) is 9.56. The van der Waals surface area contributed by atoms with E-state index in [2.05, 4.69) is 55.5 Å². The average Bonchev–Trinajstić information content (AvgIpc) is 2.99. The van der Waals surface area contributed by atoms with Gasteiger partial charge in [-0.2, -0.15) is 0 Å². The van der Waals surface area contributed by atoms with Crippen LogP contribution in [0.1, 0.15) is 29.3 Å². The monoisotopic (exact) mass is 309 g/mol. The Morgan fingerprint density at radius 2 is 2.20 bits per heavy atom. The van der Waals surface area contributed by atoms with Gasteiger partial charge in [-0.3, -0.25) is 0 Å². The third-order valence-electron chi connectivity index (χ3n) is 3.02. The van der Waals surface area contributed by atoms with E-state index < -0.39 is 0 Å². The van der Waals surface area contributed by atoms with Crippen LogP contribution in [-0.2, 0) is 13.1 Å². The maximum Gasteiger partial charge on any atom is 0.185 e. The van der Waals surface area contributed by atoms with E-state index in [4.69, 9.17) is 4.98 Å². The Hall–Kier alpha value is -0.910. The highest BCUT2D eigenvalue weighted by Crippen LogP contribution is 2.26. The average molecular weight is 310 g/mol. The lowest BCUT2D eigenvalue weighted by molar-refractivity contribution is 0.554. The van der Waals surface area contributed by atoms with Crippen LogP contribution in [0.5, 0.6) is 0 Å². The summed E-state index contributed by atoms with van der Waals surface area (Å²) in [6, 6.07) is 4.27. The topological polar surface area (TPSA) is 28.2 Å². The van der Waals surface area contributed by atoms with Crippen LogP contribution in [0.4, 0.5) is 5.13 Å². The Morgan fingerprint density at radius 3 is 2.85 bits per heavy atom. The number of aryl methyl sites for hydroxylation is 1. The molecule has 2 aromatic rings. The van der Waals surface area contributed by atoms with Gasteiger partial charge in [0.15, 0.2) is 5.13 Å². The standard InChI is InChI=1S/C15H23N3S2/c1-11(2)8-16-9-14-12(3)17-15(20-14)18(4)10-13-6-5-7-19-13/h5-7,11,16H,8-10H2,1-4H3.